The van der Waals surface area contributed by atoms with Crippen LogP contribution in [0.5, 0.6) is 11.5 Å². The van der Waals surface area contributed by atoms with Gasteiger partial charge < -0.3 is 14.6 Å². The number of benzene rings is 1. The van der Waals surface area contributed by atoms with Gasteiger partial charge in [-0.1, -0.05) is 19.9 Å². The summed E-state index contributed by atoms with van der Waals surface area (Å²) in [6, 6.07) is 5.48. The maximum Gasteiger partial charge on any atom is 0.161 e. The average Bonchev–Trinajstić information content (AvgIpc) is 2.25. The van der Waals surface area contributed by atoms with Gasteiger partial charge in [-0.05, 0) is 30.5 Å². The van der Waals surface area contributed by atoms with Crippen LogP contribution in [-0.2, 0) is 0 Å². The van der Waals surface area contributed by atoms with Gasteiger partial charge in [-0.15, -0.1) is 0 Å². The van der Waals surface area contributed by atoms with Gasteiger partial charge in [0, 0.05) is 0 Å². The molecule has 0 aliphatic carbocycles. The fourth-order valence-electron chi connectivity index (χ4n) is 1.32. The van der Waals surface area contributed by atoms with Crippen LogP contribution in [0.4, 0.5) is 0 Å². The molecule has 1 aromatic carbocycles. The van der Waals surface area contributed by atoms with Crippen LogP contribution in [0.1, 0.15) is 32.4 Å². The van der Waals surface area contributed by atoms with Gasteiger partial charge >= 0.3 is 0 Å². The number of rotatable bonds is 5. The Kier molecular flexibility index (Phi) is 4.62. The highest BCUT2D eigenvalue weighted by molar-refractivity contribution is 5.43. The van der Waals surface area contributed by atoms with Gasteiger partial charge in [-0.2, -0.15) is 0 Å². The Morgan fingerprint density at radius 3 is 2.38 bits per heavy atom. The van der Waals surface area contributed by atoms with Crippen LogP contribution in [0, 0.1) is 5.92 Å². The monoisotopic (exact) mass is 224 g/mol. The van der Waals surface area contributed by atoms with Crippen molar-refractivity contribution in [3.8, 4) is 11.5 Å². The van der Waals surface area contributed by atoms with Crippen LogP contribution in [-0.4, -0.2) is 18.8 Å². The number of hydrogen-bond acceptors (Lipinski definition) is 3. The fourth-order valence-corrected chi connectivity index (χ4v) is 1.32. The molecule has 1 unspecified atom stereocenters. The second-order valence-electron chi connectivity index (χ2n) is 4.29. The van der Waals surface area contributed by atoms with Gasteiger partial charge in [0.1, 0.15) is 0 Å². The molecule has 1 aromatic rings. The van der Waals surface area contributed by atoms with Crippen molar-refractivity contribution < 1.29 is 14.6 Å². The summed E-state index contributed by atoms with van der Waals surface area (Å²) in [5.74, 6) is 1.85. The Morgan fingerprint density at radius 2 is 1.88 bits per heavy atom. The normalized spacial score (nSPS) is 12.6. The first-order chi connectivity index (χ1) is 7.54. The van der Waals surface area contributed by atoms with Gasteiger partial charge in [0.05, 0.1) is 19.8 Å². The number of aliphatic hydroxyl groups is 1. The van der Waals surface area contributed by atoms with Crippen LogP contribution >= 0.6 is 0 Å². The van der Waals surface area contributed by atoms with Crippen molar-refractivity contribution in [2.75, 3.05) is 13.7 Å². The Hall–Kier alpha value is -1.22. The van der Waals surface area contributed by atoms with E-state index >= 15 is 0 Å². The lowest BCUT2D eigenvalue weighted by atomic mass is 10.1. The third-order valence-corrected chi connectivity index (χ3v) is 2.24. The zero-order valence-electron chi connectivity index (χ0n) is 10.4. The molecular weight excluding hydrogens is 204 g/mol. The largest absolute Gasteiger partial charge is 0.493 e. The lowest BCUT2D eigenvalue weighted by Crippen LogP contribution is -2.06. The highest BCUT2D eigenvalue weighted by Crippen LogP contribution is 2.30. The molecule has 0 heterocycles. The quantitative estimate of drug-likeness (QED) is 0.835. The number of aliphatic hydroxyl groups excluding tert-OH is 1. The molecule has 16 heavy (non-hydrogen) atoms. The SMILES string of the molecule is COc1ccc(C(C)O)cc1OCC(C)C. The molecule has 0 aromatic heterocycles. The summed E-state index contributed by atoms with van der Waals surface area (Å²) in [7, 11) is 1.61. The summed E-state index contributed by atoms with van der Waals surface area (Å²) >= 11 is 0. The molecule has 3 heteroatoms. The standard InChI is InChI=1S/C13H20O3/c1-9(2)8-16-13-7-11(10(3)14)5-6-12(13)15-4/h5-7,9-10,14H,8H2,1-4H3. The van der Waals surface area contributed by atoms with Crippen molar-refractivity contribution in [1.29, 1.82) is 0 Å². The summed E-state index contributed by atoms with van der Waals surface area (Å²) in [6.45, 7) is 6.55. The van der Waals surface area contributed by atoms with E-state index in [1.165, 1.54) is 0 Å². The molecule has 1 rings (SSSR count). The second kappa shape index (κ2) is 5.75. The Balaban J connectivity index is 2.88. The first kappa shape index (κ1) is 12.8. The molecule has 0 amide bonds. The van der Waals surface area contributed by atoms with Crippen LogP contribution < -0.4 is 9.47 Å². The van der Waals surface area contributed by atoms with E-state index in [9.17, 15) is 5.11 Å². The highest BCUT2D eigenvalue weighted by atomic mass is 16.5. The van der Waals surface area contributed by atoms with E-state index in [0.29, 0.717) is 24.0 Å². The molecule has 0 saturated carbocycles. The Morgan fingerprint density at radius 1 is 1.19 bits per heavy atom. The van der Waals surface area contributed by atoms with Crippen molar-refractivity contribution in [1.82, 2.24) is 0 Å². The molecule has 1 N–H and O–H groups in total. The lowest BCUT2D eigenvalue weighted by molar-refractivity contribution is 0.197. The minimum atomic E-state index is -0.493. The predicted octanol–water partition coefficient (Wildman–Crippen LogP) is 2.78. The molecule has 0 aliphatic heterocycles. The van der Waals surface area contributed by atoms with E-state index in [1.54, 1.807) is 14.0 Å². The predicted molar refractivity (Wildman–Crippen MR) is 64.0 cm³/mol. The number of ether oxygens (including phenoxy) is 2. The zero-order chi connectivity index (χ0) is 12.1. The first-order valence-electron chi connectivity index (χ1n) is 5.53. The van der Waals surface area contributed by atoms with Gasteiger partial charge in [0.2, 0.25) is 0 Å². The van der Waals surface area contributed by atoms with Crippen molar-refractivity contribution in [3.05, 3.63) is 23.8 Å². The minimum Gasteiger partial charge on any atom is -0.493 e. The smallest absolute Gasteiger partial charge is 0.161 e. The topological polar surface area (TPSA) is 38.7 Å². The zero-order valence-corrected chi connectivity index (χ0v) is 10.4. The number of hydrogen-bond donors (Lipinski definition) is 1. The van der Waals surface area contributed by atoms with Gasteiger partial charge in [0.15, 0.2) is 11.5 Å². The molecule has 0 bridgehead atoms. The fraction of sp³-hybridized carbons (Fsp3) is 0.538. The summed E-state index contributed by atoms with van der Waals surface area (Å²) in [5, 5.41) is 9.49. The third kappa shape index (κ3) is 3.42. The van der Waals surface area contributed by atoms with Gasteiger partial charge in [-0.3, -0.25) is 0 Å². The maximum atomic E-state index is 9.49. The van der Waals surface area contributed by atoms with Crippen LogP contribution in [0.3, 0.4) is 0 Å². The summed E-state index contributed by atoms with van der Waals surface area (Å²) in [4.78, 5) is 0. The van der Waals surface area contributed by atoms with Crippen molar-refractivity contribution >= 4 is 0 Å². The summed E-state index contributed by atoms with van der Waals surface area (Å²) < 4.78 is 10.8. The molecule has 90 valence electrons. The molecule has 0 aliphatic rings. The van der Waals surface area contributed by atoms with Crippen molar-refractivity contribution in [2.45, 2.75) is 26.9 Å². The molecule has 0 fully saturated rings. The molecule has 0 radical (unpaired) electrons. The molecule has 3 nitrogen and oxygen atoms in total. The van der Waals surface area contributed by atoms with Crippen LogP contribution in [0.2, 0.25) is 0 Å². The Bertz CT molecular complexity index is 332. The van der Waals surface area contributed by atoms with Crippen LogP contribution in [0.25, 0.3) is 0 Å². The number of methoxy groups -OCH3 is 1. The van der Waals surface area contributed by atoms with Crippen molar-refractivity contribution in [2.24, 2.45) is 5.92 Å². The maximum absolute atomic E-state index is 9.49. The molecular formula is C13H20O3. The van der Waals surface area contributed by atoms with E-state index in [-0.39, 0.29) is 0 Å². The minimum absolute atomic E-state index is 0.458. The van der Waals surface area contributed by atoms with E-state index in [0.717, 1.165) is 5.56 Å². The first-order valence-corrected chi connectivity index (χ1v) is 5.53. The Labute approximate surface area is 97.0 Å². The molecule has 1 atom stereocenters. The van der Waals surface area contributed by atoms with Crippen LogP contribution in [0.15, 0.2) is 18.2 Å². The van der Waals surface area contributed by atoms with E-state index < -0.39 is 6.10 Å². The molecule has 0 saturated heterocycles. The van der Waals surface area contributed by atoms with Crippen molar-refractivity contribution in [3.63, 3.8) is 0 Å². The lowest BCUT2D eigenvalue weighted by Gasteiger charge is -2.14. The van der Waals surface area contributed by atoms with E-state index in [2.05, 4.69) is 13.8 Å². The molecule has 0 spiro atoms. The summed E-state index contributed by atoms with van der Waals surface area (Å²) in [5.41, 5.74) is 0.833. The summed E-state index contributed by atoms with van der Waals surface area (Å²) in [6.07, 6.45) is -0.493. The van der Waals surface area contributed by atoms with Gasteiger partial charge in [-0.25, -0.2) is 0 Å². The average molecular weight is 224 g/mol. The van der Waals surface area contributed by atoms with Gasteiger partial charge in [0.25, 0.3) is 0 Å². The highest BCUT2D eigenvalue weighted by Gasteiger charge is 2.09. The van der Waals surface area contributed by atoms with E-state index in [1.807, 2.05) is 18.2 Å². The third-order valence-electron chi connectivity index (χ3n) is 2.24. The van der Waals surface area contributed by atoms with E-state index in [4.69, 9.17) is 9.47 Å². The second-order valence-corrected chi connectivity index (χ2v) is 4.29.